The normalized spacial score (nSPS) is 10.5. The minimum atomic E-state index is -0.428. The molecule has 0 aliphatic carbocycles. The van der Waals surface area contributed by atoms with Gasteiger partial charge in [0.25, 0.3) is 0 Å². The molecule has 6 nitrogen and oxygen atoms in total. The van der Waals surface area contributed by atoms with Gasteiger partial charge in [-0.05, 0) is 24.2 Å². The van der Waals surface area contributed by atoms with E-state index in [4.69, 9.17) is 0 Å². The quantitative estimate of drug-likeness (QED) is 0.613. The number of nitro groups is 1. The minimum absolute atomic E-state index is 0.00792. The zero-order valence-corrected chi connectivity index (χ0v) is 10.6. The van der Waals surface area contributed by atoms with Crippen LogP contribution in [0, 0.1) is 10.1 Å². The van der Waals surface area contributed by atoms with E-state index < -0.39 is 4.92 Å². The summed E-state index contributed by atoms with van der Waals surface area (Å²) in [5.74, 6) is 0. The number of pyridine rings is 1. The summed E-state index contributed by atoms with van der Waals surface area (Å²) in [6, 6.07) is 3.00. The highest BCUT2D eigenvalue weighted by molar-refractivity contribution is 7.99. The van der Waals surface area contributed by atoms with Crippen LogP contribution in [0.2, 0.25) is 0 Å². The van der Waals surface area contributed by atoms with Crippen molar-refractivity contribution in [2.75, 3.05) is 0 Å². The molecule has 2 aromatic heterocycles. The highest BCUT2D eigenvalue weighted by atomic mass is 32.2. The molecule has 0 bridgehead atoms. The van der Waals surface area contributed by atoms with Crippen LogP contribution in [0.15, 0.2) is 40.9 Å². The number of hydrogen-bond acceptors (Lipinski definition) is 5. The summed E-state index contributed by atoms with van der Waals surface area (Å²) < 4.78 is 1.96. The number of rotatable bonds is 5. The summed E-state index contributed by atoms with van der Waals surface area (Å²) in [5, 5.41) is 12.0. The van der Waals surface area contributed by atoms with Gasteiger partial charge in [-0.3, -0.25) is 10.1 Å². The Morgan fingerprint density at radius 3 is 3.00 bits per heavy atom. The lowest BCUT2D eigenvalue weighted by Crippen LogP contribution is -1.98. The van der Waals surface area contributed by atoms with E-state index in [1.807, 2.05) is 10.8 Å². The molecule has 0 unspecified atom stereocenters. The maximum absolute atomic E-state index is 10.9. The van der Waals surface area contributed by atoms with Gasteiger partial charge < -0.3 is 4.57 Å². The second kappa shape index (κ2) is 5.63. The third-order valence-corrected chi connectivity index (χ3v) is 3.31. The summed E-state index contributed by atoms with van der Waals surface area (Å²) in [4.78, 5) is 18.7. The van der Waals surface area contributed by atoms with E-state index in [0.29, 0.717) is 5.03 Å². The highest BCUT2D eigenvalue weighted by Crippen LogP contribution is 2.31. The van der Waals surface area contributed by atoms with Gasteiger partial charge in [-0.25, -0.2) is 9.97 Å². The Labute approximate surface area is 108 Å². The van der Waals surface area contributed by atoms with Crippen molar-refractivity contribution < 1.29 is 4.92 Å². The van der Waals surface area contributed by atoms with Gasteiger partial charge in [0, 0.05) is 31.2 Å². The summed E-state index contributed by atoms with van der Waals surface area (Å²) in [6.45, 7) is 2.90. The van der Waals surface area contributed by atoms with E-state index in [9.17, 15) is 10.1 Å². The number of aromatic nitrogens is 3. The predicted molar refractivity (Wildman–Crippen MR) is 67.5 cm³/mol. The van der Waals surface area contributed by atoms with Crippen molar-refractivity contribution in [1.29, 1.82) is 0 Å². The van der Waals surface area contributed by atoms with Gasteiger partial charge in [-0.15, -0.1) is 0 Å². The zero-order chi connectivity index (χ0) is 13.0. The lowest BCUT2D eigenvalue weighted by atomic mass is 10.4. The number of aryl methyl sites for hydroxylation is 1. The number of nitrogens with zero attached hydrogens (tertiary/aromatic N) is 4. The van der Waals surface area contributed by atoms with Crippen LogP contribution < -0.4 is 0 Å². The summed E-state index contributed by atoms with van der Waals surface area (Å²) in [7, 11) is 0. The Balaban J connectivity index is 2.28. The van der Waals surface area contributed by atoms with Crippen molar-refractivity contribution in [2.45, 2.75) is 30.1 Å². The molecular formula is C11H12N4O2S. The molecule has 0 aliphatic heterocycles. The van der Waals surface area contributed by atoms with E-state index in [1.54, 1.807) is 18.5 Å². The van der Waals surface area contributed by atoms with Crippen LogP contribution in [-0.4, -0.2) is 19.5 Å². The topological polar surface area (TPSA) is 73.8 Å². The lowest BCUT2D eigenvalue weighted by molar-refractivity contribution is -0.388. The Morgan fingerprint density at radius 2 is 2.28 bits per heavy atom. The van der Waals surface area contributed by atoms with Crippen LogP contribution in [0.3, 0.4) is 0 Å². The number of hydrogen-bond donors (Lipinski definition) is 0. The van der Waals surface area contributed by atoms with E-state index in [-0.39, 0.29) is 5.69 Å². The molecule has 2 rings (SSSR count). The van der Waals surface area contributed by atoms with Crippen LogP contribution in [-0.2, 0) is 6.54 Å². The molecule has 7 heteroatoms. The Hall–Kier alpha value is -1.89. The fourth-order valence-electron chi connectivity index (χ4n) is 1.50. The predicted octanol–water partition coefficient (Wildman–Crippen LogP) is 2.75. The standard InChI is InChI=1S/C11H12N4O2S/c1-2-7-14-8-6-13-11(14)18-10-9(15(16)17)4-3-5-12-10/h3-6,8H,2,7H2,1H3. The molecule has 0 atom stereocenters. The number of imidazole rings is 1. The first kappa shape index (κ1) is 12.6. The first-order valence-electron chi connectivity index (χ1n) is 5.50. The molecule has 0 saturated heterocycles. The molecule has 0 spiro atoms. The maximum atomic E-state index is 10.9. The molecule has 0 radical (unpaired) electrons. The molecule has 0 aliphatic rings. The molecule has 2 heterocycles. The Morgan fingerprint density at radius 1 is 1.44 bits per heavy atom. The molecule has 94 valence electrons. The molecule has 0 aromatic carbocycles. The average Bonchev–Trinajstić information content (AvgIpc) is 2.78. The van der Waals surface area contributed by atoms with Crippen LogP contribution in [0.5, 0.6) is 0 Å². The molecular weight excluding hydrogens is 252 g/mol. The highest BCUT2D eigenvalue weighted by Gasteiger charge is 2.17. The minimum Gasteiger partial charge on any atom is -0.326 e. The lowest BCUT2D eigenvalue weighted by Gasteiger charge is -2.05. The van der Waals surface area contributed by atoms with E-state index in [2.05, 4.69) is 16.9 Å². The van der Waals surface area contributed by atoms with Gasteiger partial charge in [0.1, 0.15) is 0 Å². The van der Waals surface area contributed by atoms with Gasteiger partial charge >= 0.3 is 5.69 Å². The van der Waals surface area contributed by atoms with Gasteiger partial charge in [-0.1, -0.05) is 6.92 Å². The second-order valence-electron chi connectivity index (χ2n) is 3.59. The average molecular weight is 264 g/mol. The molecule has 2 aromatic rings. The van der Waals surface area contributed by atoms with E-state index in [0.717, 1.165) is 18.1 Å². The first-order valence-corrected chi connectivity index (χ1v) is 6.32. The molecule has 0 N–H and O–H groups in total. The fourth-order valence-corrected chi connectivity index (χ4v) is 2.41. The van der Waals surface area contributed by atoms with Gasteiger partial charge in [0.15, 0.2) is 10.2 Å². The van der Waals surface area contributed by atoms with Crippen molar-refractivity contribution in [1.82, 2.24) is 14.5 Å². The largest absolute Gasteiger partial charge is 0.326 e. The van der Waals surface area contributed by atoms with Gasteiger partial charge in [-0.2, -0.15) is 0 Å². The van der Waals surface area contributed by atoms with Gasteiger partial charge in [0.05, 0.1) is 4.92 Å². The first-order chi connectivity index (χ1) is 8.72. The van der Waals surface area contributed by atoms with Crippen molar-refractivity contribution in [2.24, 2.45) is 0 Å². The van der Waals surface area contributed by atoms with Crippen molar-refractivity contribution in [3.63, 3.8) is 0 Å². The smallest absolute Gasteiger partial charge is 0.301 e. The van der Waals surface area contributed by atoms with Crippen molar-refractivity contribution >= 4 is 17.4 Å². The molecule has 0 fully saturated rings. The Bertz CT molecular complexity index is 555. The zero-order valence-electron chi connectivity index (χ0n) is 9.81. The molecule has 0 saturated carbocycles. The third kappa shape index (κ3) is 2.67. The maximum Gasteiger partial charge on any atom is 0.301 e. The van der Waals surface area contributed by atoms with Crippen molar-refractivity contribution in [3.05, 3.63) is 40.8 Å². The monoisotopic (exact) mass is 264 g/mol. The molecule has 0 amide bonds. The van der Waals surface area contributed by atoms with Crippen LogP contribution in [0.25, 0.3) is 0 Å². The van der Waals surface area contributed by atoms with Gasteiger partial charge in [0.2, 0.25) is 0 Å². The fraction of sp³-hybridized carbons (Fsp3) is 0.273. The SMILES string of the molecule is CCCn1ccnc1Sc1ncccc1[N+](=O)[O-]. The summed E-state index contributed by atoms with van der Waals surface area (Å²) >= 11 is 1.21. The second-order valence-corrected chi connectivity index (χ2v) is 4.55. The summed E-state index contributed by atoms with van der Waals surface area (Å²) in [5.41, 5.74) is 0.00792. The van der Waals surface area contributed by atoms with E-state index in [1.165, 1.54) is 17.8 Å². The molecule has 18 heavy (non-hydrogen) atoms. The Kier molecular flexibility index (Phi) is 3.93. The summed E-state index contributed by atoms with van der Waals surface area (Å²) in [6.07, 6.45) is 6.07. The van der Waals surface area contributed by atoms with Crippen molar-refractivity contribution in [3.8, 4) is 0 Å². The van der Waals surface area contributed by atoms with Crippen LogP contribution >= 0.6 is 11.8 Å². The van der Waals surface area contributed by atoms with E-state index >= 15 is 0 Å². The van der Waals surface area contributed by atoms with Crippen LogP contribution in [0.4, 0.5) is 5.69 Å². The third-order valence-electron chi connectivity index (χ3n) is 2.28. The van der Waals surface area contributed by atoms with Crippen LogP contribution in [0.1, 0.15) is 13.3 Å².